The minimum absolute atomic E-state index is 0.600. The second-order valence-electron chi connectivity index (χ2n) is 4.71. The highest BCUT2D eigenvalue weighted by molar-refractivity contribution is 7.99. The van der Waals surface area contributed by atoms with Gasteiger partial charge in [0.25, 0.3) is 0 Å². The Morgan fingerprint density at radius 1 is 1.20 bits per heavy atom. The van der Waals surface area contributed by atoms with Gasteiger partial charge < -0.3 is 10.6 Å². The summed E-state index contributed by atoms with van der Waals surface area (Å²) in [4.78, 5) is 3.57. The monoisotopic (exact) mass is 324 g/mol. The van der Waals surface area contributed by atoms with Crippen LogP contribution >= 0.6 is 35.0 Å². The van der Waals surface area contributed by atoms with Gasteiger partial charge in [0, 0.05) is 29.4 Å². The number of nitrogens with two attached hydrogens (primary N) is 1. The molecule has 0 atom stereocenters. The third kappa shape index (κ3) is 2.71. The number of nitrogens with zero attached hydrogens (tertiary/aromatic N) is 1. The number of fused-ring (bicyclic) bond motifs is 1. The van der Waals surface area contributed by atoms with Crippen LogP contribution in [0.5, 0.6) is 0 Å². The zero-order chi connectivity index (χ0) is 14.1. The largest absolute Gasteiger partial charge is 0.399 e. The van der Waals surface area contributed by atoms with Crippen molar-refractivity contribution in [2.24, 2.45) is 0 Å². The Morgan fingerprint density at radius 2 is 2.05 bits per heavy atom. The normalized spacial score (nSPS) is 14.2. The maximum absolute atomic E-state index is 6.28. The smallest absolute Gasteiger partial charge is 0.0642 e. The number of halogens is 2. The summed E-state index contributed by atoms with van der Waals surface area (Å²) < 4.78 is 0. The van der Waals surface area contributed by atoms with Gasteiger partial charge in [-0.25, -0.2) is 0 Å². The first kappa shape index (κ1) is 13.9. The van der Waals surface area contributed by atoms with Crippen LogP contribution in [0, 0.1) is 0 Å². The highest BCUT2D eigenvalue weighted by Gasteiger charge is 2.19. The molecule has 0 saturated heterocycles. The van der Waals surface area contributed by atoms with Crippen molar-refractivity contribution in [3.05, 3.63) is 52.0 Å². The number of benzene rings is 2. The van der Waals surface area contributed by atoms with E-state index in [1.807, 2.05) is 42.1 Å². The molecular weight excluding hydrogens is 311 g/mol. The van der Waals surface area contributed by atoms with Crippen molar-refractivity contribution in [2.45, 2.75) is 11.4 Å². The van der Waals surface area contributed by atoms with E-state index in [9.17, 15) is 0 Å². The lowest BCUT2D eigenvalue weighted by Crippen LogP contribution is -2.28. The minimum atomic E-state index is 0.600. The van der Waals surface area contributed by atoms with Crippen molar-refractivity contribution in [3.63, 3.8) is 0 Å². The molecule has 1 heterocycles. The fraction of sp³-hybridized carbons (Fsp3) is 0.200. The van der Waals surface area contributed by atoms with E-state index in [1.165, 1.54) is 10.6 Å². The summed E-state index contributed by atoms with van der Waals surface area (Å²) in [6.45, 7) is 1.72. The van der Waals surface area contributed by atoms with E-state index in [1.54, 1.807) is 0 Å². The van der Waals surface area contributed by atoms with Crippen LogP contribution in [-0.4, -0.2) is 12.3 Å². The van der Waals surface area contributed by atoms with Crippen LogP contribution in [-0.2, 0) is 6.54 Å². The highest BCUT2D eigenvalue weighted by Crippen LogP contribution is 2.37. The van der Waals surface area contributed by atoms with Crippen LogP contribution < -0.4 is 10.6 Å². The fourth-order valence-electron chi connectivity index (χ4n) is 2.33. The van der Waals surface area contributed by atoms with Gasteiger partial charge in [0.2, 0.25) is 0 Å². The topological polar surface area (TPSA) is 29.3 Å². The average molecular weight is 325 g/mol. The maximum atomic E-state index is 6.28. The molecule has 1 aliphatic rings. The molecule has 2 aromatic carbocycles. The van der Waals surface area contributed by atoms with Crippen LogP contribution in [0.1, 0.15) is 5.56 Å². The first-order chi connectivity index (χ1) is 9.65. The first-order valence-electron chi connectivity index (χ1n) is 6.35. The van der Waals surface area contributed by atoms with Crippen molar-refractivity contribution < 1.29 is 0 Å². The van der Waals surface area contributed by atoms with Crippen LogP contribution in [0.15, 0.2) is 41.3 Å². The predicted octanol–water partition coefficient (Wildman–Crippen LogP) is 4.69. The first-order valence-corrected chi connectivity index (χ1v) is 8.09. The summed E-state index contributed by atoms with van der Waals surface area (Å²) in [5, 5.41) is 1.24. The van der Waals surface area contributed by atoms with Crippen molar-refractivity contribution in [2.75, 3.05) is 22.9 Å². The van der Waals surface area contributed by atoms with Crippen LogP contribution in [0.3, 0.4) is 0 Å². The summed E-state index contributed by atoms with van der Waals surface area (Å²) >= 11 is 14.2. The summed E-state index contributed by atoms with van der Waals surface area (Å²) in [7, 11) is 0. The number of hydrogen-bond donors (Lipinski definition) is 1. The minimum Gasteiger partial charge on any atom is -0.399 e. The van der Waals surface area contributed by atoms with Crippen molar-refractivity contribution in [1.82, 2.24) is 0 Å². The van der Waals surface area contributed by atoms with Gasteiger partial charge in [-0.2, -0.15) is 0 Å². The fourth-order valence-corrected chi connectivity index (χ4v) is 3.74. The molecule has 0 aromatic heterocycles. The molecule has 0 amide bonds. The summed E-state index contributed by atoms with van der Waals surface area (Å²) in [5.74, 6) is 1.06. The lowest BCUT2D eigenvalue weighted by Gasteiger charge is -2.31. The number of hydrogen-bond acceptors (Lipinski definition) is 3. The quantitative estimate of drug-likeness (QED) is 0.813. The molecule has 0 spiro atoms. The molecule has 1 aliphatic heterocycles. The van der Waals surface area contributed by atoms with Gasteiger partial charge in [0.1, 0.15) is 0 Å². The van der Waals surface area contributed by atoms with Gasteiger partial charge in [-0.1, -0.05) is 35.3 Å². The van der Waals surface area contributed by atoms with E-state index < -0.39 is 0 Å². The zero-order valence-electron chi connectivity index (χ0n) is 10.8. The lowest BCUT2D eigenvalue weighted by atomic mass is 10.2. The van der Waals surface area contributed by atoms with Gasteiger partial charge in [-0.3, -0.25) is 0 Å². The number of anilines is 2. The SMILES string of the molecule is Nc1ccc2c(c1)N(Cc1cccc(Cl)c1Cl)CCS2. The second kappa shape index (κ2) is 5.76. The van der Waals surface area contributed by atoms with E-state index in [0.717, 1.165) is 30.1 Å². The molecule has 20 heavy (non-hydrogen) atoms. The molecule has 0 radical (unpaired) electrons. The number of rotatable bonds is 2. The average Bonchev–Trinajstić information content (AvgIpc) is 2.44. The van der Waals surface area contributed by atoms with Gasteiger partial charge in [0.15, 0.2) is 0 Å². The molecule has 104 valence electrons. The van der Waals surface area contributed by atoms with Gasteiger partial charge >= 0.3 is 0 Å². The Labute approximate surface area is 132 Å². The lowest BCUT2D eigenvalue weighted by molar-refractivity contribution is 0.818. The molecule has 0 aliphatic carbocycles. The van der Waals surface area contributed by atoms with E-state index in [4.69, 9.17) is 28.9 Å². The predicted molar refractivity (Wildman–Crippen MR) is 89.1 cm³/mol. The molecule has 0 saturated carbocycles. The molecule has 0 unspecified atom stereocenters. The Morgan fingerprint density at radius 3 is 2.90 bits per heavy atom. The third-order valence-corrected chi connectivity index (χ3v) is 5.24. The number of nitrogen functional groups attached to an aromatic ring is 1. The Bertz CT molecular complexity index is 646. The van der Waals surface area contributed by atoms with Crippen molar-refractivity contribution in [3.8, 4) is 0 Å². The molecule has 2 aromatic rings. The van der Waals surface area contributed by atoms with Crippen molar-refractivity contribution >= 4 is 46.3 Å². The van der Waals surface area contributed by atoms with E-state index in [0.29, 0.717) is 10.0 Å². The van der Waals surface area contributed by atoms with Crippen LogP contribution in [0.4, 0.5) is 11.4 Å². The second-order valence-corrected chi connectivity index (χ2v) is 6.63. The third-order valence-electron chi connectivity index (χ3n) is 3.34. The molecule has 2 N–H and O–H groups in total. The molecule has 0 fully saturated rings. The van der Waals surface area contributed by atoms with Crippen molar-refractivity contribution in [1.29, 1.82) is 0 Å². The summed E-state index contributed by atoms with van der Waals surface area (Å²) in [6.07, 6.45) is 0. The number of thioether (sulfide) groups is 1. The standard InChI is InChI=1S/C15H14Cl2N2S/c16-12-3-1-2-10(15(12)17)9-19-6-7-20-14-5-4-11(18)8-13(14)19/h1-5,8H,6-7,9,18H2. The maximum Gasteiger partial charge on any atom is 0.0642 e. The molecule has 5 heteroatoms. The van der Waals surface area contributed by atoms with Gasteiger partial charge in [-0.15, -0.1) is 11.8 Å². The zero-order valence-corrected chi connectivity index (χ0v) is 13.1. The van der Waals surface area contributed by atoms with E-state index >= 15 is 0 Å². The molecular formula is C15H14Cl2N2S. The summed E-state index contributed by atoms with van der Waals surface area (Å²) in [5.41, 5.74) is 8.91. The van der Waals surface area contributed by atoms with E-state index in [2.05, 4.69) is 11.0 Å². The Kier molecular flexibility index (Phi) is 4.01. The van der Waals surface area contributed by atoms with Crippen LogP contribution in [0.2, 0.25) is 10.0 Å². The molecule has 2 nitrogen and oxygen atoms in total. The molecule has 0 bridgehead atoms. The highest BCUT2D eigenvalue weighted by atomic mass is 35.5. The van der Waals surface area contributed by atoms with Crippen LogP contribution in [0.25, 0.3) is 0 Å². The van der Waals surface area contributed by atoms with Gasteiger partial charge in [-0.05, 0) is 29.8 Å². The molecule has 3 rings (SSSR count). The summed E-state index contributed by atoms with van der Waals surface area (Å²) in [6, 6.07) is 11.8. The van der Waals surface area contributed by atoms with E-state index in [-0.39, 0.29) is 0 Å². The van der Waals surface area contributed by atoms with Gasteiger partial charge in [0.05, 0.1) is 15.7 Å². The Balaban J connectivity index is 1.93. The Hall–Kier alpha value is -1.03.